The van der Waals surface area contributed by atoms with E-state index in [2.05, 4.69) is 53.0 Å². The van der Waals surface area contributed by atoms with Gasteiger partial charge in [-0.05, 0) is 67.2 Å². The standard InChI is InChI=1S/C61H109NO/c1-6-11-14-17-20-23-26-29-32-35-38-41-44-47-55-50-51-56(52-62-53-57-54-63-61(10-5)58(57)9-4)60(49-46-43-40-37-34-31-28-25-22-19-16-13-8-3)59(55)48-45-42-39-36-33-30-27-24-21-18-15-12-7-2/h50-51,53-54H,6-49,52H2,1-5H3. The van der Waals surface area contributed by atoms with Crippen LogP contribution in [0.4, 0.5) is 0 Å². The maximum atomic E-state index is 5.95. The van der Waals surface area contributed by atoms with Gasteiger partial charge in [-0.2, -0.15) is 0 Å². The number of aliphatic imine (C=N–C) groups is 1. The van der Waals surface area contributed by atoms with Crippen LogP contribution >= 0.6 is 0 Å². The first-order valence-corrected chi connectivity index (χ1v) is 28.9. The van der Waals surface area contributed by atoms with Crippen molar-refractivity contribution in [3.63, 3.8) is 0 Å². The predicted octanol–water partition coefficient (Wildman–Crippen LogP) is 20.9. The van der Waals surface area contributed by atoms with Crippen molar-refractivity contribution in [3.8, 4) is 0 Å². The molecule has 2 nitrogen and oxygen atoms in total. The Labute approximate surface area is 395 Å². The lowest BCUT2D eigenvalue weighted by Gasteiger charge is -2.19. The molecule has 0 unspecified atom stereocenters. The zero-order valence-electron chi connectivity index (χ0n) is 43.5. The molecule has 0 atom stereocenters. The molecule has 2 rings (SSSR count). The molecule has 0 aliphatic carbocycles. The summed E-state index contributed by atoms with van der Waals surface area (Å²) in [5.41, 5.74) is 9.09. The number of furan rings is 1. The average Bonchev–Trinajstić information content (AvgIpc) is 3.71. The van der Waals surface area contributed by atoms with Gasteiger partial charge < -0.3 is 4.42 Å². The van der Waals surface area contributed by atoms with E-state index in [9.17, 15) is 0 Å². The van der Waals surface area contributed by atoms with Crippen LogP contribution in [0, 0.1) is 0 Å². The van der Waals surface area contributed by atoms with Gasteiger partial charge in [0.15, 0.2) is 0 Å². The minimum atomic E-state index is 0.786. The second-order valence-corrected chi connectivity index (χ2v) is 20.1. The summed E-state index contributed by atoms with van der Waals surface area (Å²) in [5.74, 6) is 1.12. The lowest BCUT2D eigenvalue weighted by molar-refractivity contribution is 0.511. The number of unbranched alkanes of at least 4 members (excludes halogenated alkanes) is 36. The van der Waals surface area contributed by atoms with Gasteiger partial charge in [-0.15, -0.1) is 0 Å². The molecule has 0 aliphatic heterocycles. The van der Waals surface area contributed by atoms with Crippen LogP contribution in [-0.2, 0) is 38.6 Å². The smallest absolute Gasteiger partial charge is 0.107 e. The third-order valence-corrected chi connectivity index (χ3v) is 14.4. The highest BCUT2D eigenvalue weighted by molar-refractivity contribution is 5.81. The number of hydrogen-bond donors (Lipinski definition) is 0. The third kappa shape index (κ3) is 29.4. The summed E-state index contributed by atoms with van der Waals surface area (Å²) in [6.07, 6.45) is 65.2. The van der Waals surface area contributed by atoms with Crippen molar-refractivity contribution in [1.82, 2.24) is 0 Å². The minimum Gasteiger partial charge on any atom is -0.468 e. The maximum absolute atomic E-state index is 5.95. The molecule has 2 aromatic rings. The quantitative estimate of drug-likeness (QED) is 0.0481. The van der Waals surface area contributed by atoms with Crippen molar-refractivity contribution in [1.29, 1.82) is 0 Å². The van der Waals surface area contributed by atoms with Crippen LogP contribution in [0.2, 0.25) is 0 Å². The van der Waals surface area contributed by atoms with E-state index in [4.69, 9.17) is 9.41 Å². The number of nitrogens with zero attached hydrogens (tertiary/aromatic N) is 1. The molecule has 0 radical (unpaired) electrons. The van der Waals surface area contributed by atoms with E-state index < -0.39 is 0 Å². The van der Waals surface area contributed by atoms with E-state index in [-0.39, 0.29) is 0 Å². The molecule has 0 fully saturated rings. The fourth-order valence-electron chi connectivity index (χ4n) is 10.3. The van der Waals surface area contributed by atoms with Crippen LogP contribution in [0.3, 0.4) is 0 Å². The minimum absolute atomic E-state index is 0.786. The summed E-state index contributed by atoms with van der Waals surface area (Å²) in [6, 6.07) is 5.04. The lowest BCUT2D eigenvalue weighted by Crippen LogP contribution is -2.06. The molecule has 63 heavy (non-hydrogen) atoms. The second-order valence-electron chi connectivity index (χ2n) is 20.1. The van der Waals surface area contributed by atoms with E-state index in [1.54, 1.807) is 16.7 Å². The molecule has 0 aliphatic rings. The molecule has 2 heteroatoms. The van der Waals surface area contributed by atoms with Crippen molar-refractivity contribution >= 4 is 6.21 Å². The van der Waals surface area contributed by atoms with Crippen LogP contribution in [-0.4, -0.2) is 6.21 Å². The Morgan fingerprint density at radius 1 is 0.349 bits per heavy atom. The summed E-state index contributed by atoms with van der Waals surface area (Å²) in [4.78, 5) is 5.14. The molecular weight excluding hydrogens is 763 g/mol. The monoisotopic (exact) mass is 872 g/mol. The number of aryl methyl sites for hydroxylation is 2. The van der Waals surface area contributed by atoms with E-state index in [1.165, 1.54) is 286 Å². The highest BCUT2D eigenvalue weighted by Crippen LogP contribution is 2.28. The molecule has 1 heterocycles. The van der Waals surface area contributed by atoms with Crippen molar-refractivity contribution in [3.05, 3.63) is 57.5 Å². The molecule has 0 spiro atoms. The Morgan fingerprint density at radius 3 is 1.02 bits per heavy atom. The van der Waals surface area contributed by atoms with Crippen molar-refractivity contribution in [2.45, 2.75) is 324 Å². The predicted molar refractivity (Wildman–Crippen MR) is 283 cm³/mol. The summed E-state index contributed by atoms with van der Waals surface area (Å²) < 4.78 is 5.95. The molecule has 0 saturated heterocycles. The van der Waals surface area contributed by atoms with E-state index in [0.717, 1.165) is 25.1 Å². The highest BCUT2D eigenvalue weighted by atomic mass is 16.3. The number of hydrogen-bond acceptors (Lipinski definition) is 2. The van der Waals surface area contributed by atoms with Gasteiger partial charge in [0.1, 0.15) is 5.76 Å². The lowest BCUT2D eigenvalue weighted by atomic mass is 9.87. The largest absolute Gasteiger partial charge is 0.468 e. The van der Waals surface area contributed by atoms with Gasteiger partial charge >= 0.3 is 0 Å². The molecule has 0 saturated carbocycles. The highest BCUT2D eigenvalue weighted by Gasteiger charge is 2.15. The van der Waals surface area contributed by atoms with Crippen LogP contribution < -0.4 is 0 Å². The maximum Gasteiger partial charge on any atom is 0.107 e. The van der Waals surface area contributed by atoms with Gasteiger partial charge in [0, 0.05) is 23.8 Å². The number of rotatable bonds is 47. The fourth-order valence-corrected chi connectivity index (χ4v) is 10.3. The Hall–Kier alpha value is -1.83. The summed E-state index contributed by atoms with van der Waals surface area (Å²) in [7, 11) is 0. The Kier molecular flexibility index (Phi) is 38.9. The van der Waals surface area contributed by atoms with E-state index >= 15 is 0 Å². The van der Waals surface area contributed by atoms with Gasteiger partial charge in [0.05, 0.1) is 12.8 Å². The summed E-state index contributed by atoms with van der Waals surface area (Å²) in [5, 5.41) is 0. The van der Waals surface area contributed by atoms with Crippen molar-refractivity contribution in [2.24, 2.45) is 4.99 Å². The van der Waals surface area contributed by atoms with Crippen LogP contribution in [0.25, 0.3) is 0 Å². The van der Waals surface area contributed by atoms with Gasteiger partial charge in [0.25, 0.3) is 0 Å². The molecular formula is C61H109NO. The number of benzene rings is 1. The van der Waals surface area contributed by atoms with E-state index in [1.807, 2.05) is 6.26 Å². The fraction of sp³-hybridized carbons (Fsp3) is 0.820. The Bertz CT molecular complexity index is 1300. The SMILES string of the molecule is CCCCCCCCCCCCCCCc1ccc(CN=Cc2coc(CC)c2CC)c(CCCCCCCCCCCCCCC)c1CCCCCCCCCCCCCCC. The van der Waals surface area contributed by atoms with Crippen LogP contribution in [0.1, 0.15) is 324 Å². The van der Waals surface area contributed by atoms with Gasteiger partial charge in [-0.25, -0.2) is 0 Å². The summed E-state index contributed by atoms with van der Waals surface area (Å²) >= 11 is 0. The molecule has 364 valence electrons. The Morgan fingerprint density at radius 2 is 0.667 bits per heavy atom. The molecule has 0 bridgehead atoms. The second kappa shape index (κ2) is 42.8. The normalized spacial score (nSPS) is 11.8. The van der Waals surface area contributed by atoms with Crippen molar-refractivity contribution in [2.75, 3.05) is 0 Å². The Balaban J connectivity index is 2.03. The first-order valence-electron chi connectivity index (χ1n) is 28.9. The first-order chi connectivity index (χ1) is 31.2. The molecule has 0 amide bonds. The molecule has 1 aromatic carbocycles. The van der Waals surface area contributed by atoms with Gasteiger partial charge in [-0.3, -0.25) is 4.99 Å². The van der Waals surface area contributed by atoms with Crippen LogP contribution in [0.15, 0.2) is 27.8 Å². The van der Waals surface area contributed by atoms with Gasteiger partial charge in [0.2, 0.25) is 0 Å². The summed E-state index contributed by atoms with van der Waals surface area (Å²) in [6.45, 7) is 12.2. The van der Waals surface area contributed by atoms with Gasteiger partial charge in [-0.1, -0.05) is 278 Å². The zero-order valence-corrected chi connectivity index (χ0v) is 43.5. The molecule has 0 N–H and O–H groups in total. The van der Waals surface area contributed by atoms with Crippen LogP contribution in [0.5, 0.6) is 0 Å². The average molecular weight is 873 g/mol. The first kappa shape index (κ1) is 57.3. The van der Waals surface area contributed by atoms with Crippen molar-refractivity contribution < 1.29 is 4.42 Å². The molecule has 1 aromatic heterocycles. The third-order valence-electron chi connectivity index (χ3n) is 14.4. The van der Waals surface area contributed by atoms with E-state index in [0.29, 0.717) is 0 Å². The zero-order chi connectivity index (χ0) is 45.1. The topological polar surface area (TPSA) is 25.5 Å².